The van der Waals surface area contributed by atoms with Crippen molar-refractivity contribution in [3.8, 4) is 11.4 Å². The largest absolute Gasteiger partial charge is 0.456 e. The average molecular weight is 933 g/mol. The zero-order chi connectivity index (χ0) is 48.0. The summed E-state index contributed by atoms with van der Waals surface area (Å²) in [5, 5.41) is 11.6. The summed E-state index contributed by atoms with van der Waals surface area (Å²) in [7, 11) is 0. The first-order valence-electron chi connectivity index (χ1n) is 24.9. The Morgan fingerprint density at radius 1 is 0.233 bits per heavy atom. The number of hydrogen-bond acceptors (Lipinski definition) is 3. The standard InChI is InChI=1S/C68H44N4O/c1-5-17-49(18-6-1)69(55-33-35-65-59(43-55)57-25-13-15-27-63(57)71(65)51-21-9-3-10-22-51)53-31-29-45-39-61-62-40-46-30-32-54(38-48(46)42-68(62)73-67(61)41-47(45)37-53)70(50-19-7-2-8-20-50)56-34-36-66-60(44-56)58-26-14-16-28-64(58)72(66)52-23-11-4-12-24-52/h1-44H. The predicted octanol–water partition coefficient (Wildman–Crippen LogP) is 19.0. The lowest BCUT2D eigenvalue weighted by atomic mass is 10.0. The molecule has 0 aliphatic carbocycles. The molecule has 0 aliphatic rings. The van der Waals surface area contributed by atoms with Crippen molar-refractivity contribution in [2.45, 2.75) is 0 Å². The topological polar surface area (TPSA) is 29.5 Å². The number of fused-ring (bicyclic) bond motifs is 11. The molecule has 15 aromatic rings. The Labute approximate surface area is 420 Å². The van der Waals surface area contributed by atoms with Crippen molar-refractivity contribution in [2.75, 3.05) is 9.80 Å². The molecule has 5 nitrogen and oxygen atoms in total. The van der Waals surface area contributed by atoms with Gasteiger partial charge < -0.3 is 23.4 Å². The van der Waals surface area contributed by atoms with E-state index in [1.165, 1.54) is 43.6 Å². The van der Waals surface area contributed by atoms with E-state index in [1.807, 2.05) is 0 Å². The lowest BCUT2D eigenvalue weighted by Crippen LogP contribution is -2.09. The number of para-hydroxylation sites is 6. The number of hydrogen-bond donors (Lipinski definition) is 0. The summed E-state index contributed by atoms with van der Waals surface area (Å²) in [5.41, 5.74) is 15.3. The maximum absolute atomic E-state index is 6.83. The van der Waals surface area contributed by atoms with Crippen molar-refractivity contribution in [2.24, 2.45) is 0 Å². The fraction of sp³-hybridized carbons (Fsp3) is 0. The molecule has 5 heteroatoms. The van der Waals surface area contributed by atoms with Gasteiger partial charge in [0.05, 0.1) is 22.1 Å². The summed E-state index contributed by atoms with van der Waals surface area (Å²) in [6, 6.07) is 96.3. The van der Waals surface area contributed by atoms with Gasteiger partial charge in [-0.2, -0.15) is 0 Å². The Bertz CT molecular complexity index is 4320. The lowest BCUT2D eigenvalue weighted by molar-refractivity contribution is 0.670. The van der Waals surface area contributed by atoms with Gasteiger partial charge in [-0.3, -0.25) is 0 Å². The van der Waals surface area contributed by atoms with Gasteiger partial charge in [-0.25, -0.2) is 0 Å². The molecule has 3 heterocycles. The van der Waals surface area contributed by atoms with Gasteiger partial charge in [0, 0.05) is 77.8 Å². The van der Waals surface area contributed by atoms with Crippen LogP contribution in [0.25, 0.3) is 98.5 Å². The second kappa shape index (κ2) is 16.4. The molecule has 15 rings (SSSR count). The van der Waals surface area contributed by atoms with Crippen LogP contribution >= 0.6 is 0 Å². The molecule has 0 aliphatic heterocycles. The van der Waals surface area contributed by atoms with E-state index in [0.717, 1.165) is 89.0 Å². The Balaban J connectivity index is 0.831. The zero-order valence-electron chi connectivity index (χ0n) is 39.6. The molecular formula is C68H44N4O. The summed E-state index contributed by atoms with van der Waals surface area (Å²) in [6.45, 7) is 0. The Morgan fingerprint density at radius 2 is 0.589 bits per heavy atom. The fourth-order valence-corrected chi connectivity index (χ4v) is 11.5. The molecule has 0 amide bonds. The van der Waals surface area contributed by atoms with E-state index >= 15 is 0 Å². The molecule has 0 radical (unpaired) electrons. The van der Waals surface area contributed by atoms with Crippen molar-refractivity contribution >= 4 is 121 Å². The number of furan rings is 1. The first kappa shape index (κ1) is 41.0. The average Bonchev–Trinajstić information content (AvgIpc) is 4.09. The van der Waals surface area contributed by atoms with Crippen LogP contribution in [0.5, 0.6) is 0 Å². The highest BCUT2D eigenvalue weighted by Gasteiger charge is 2.21. The van der Waals surface area contributed by atoms with Crippen molar-refractivity contribution < 1.29 is 4.42 Å². The lowest BCUT2D eigenvalue weighted by Gasteiger charge is -2.26. The number of aromatic nitrogens is 2. The van der Waals surface area contributed by atoms with Crippen molar-refractivity contribution in [3.63, 3.8) is 0 Å². The minimum Gasteiger partial charge on any atom is -0.456 e. The minimum atomic E-state index is 0.866. The van der Waals surface area contributed by atoms with Crippen LogP contribution in [0.4, 0.5) is 34.1 Å². The molecule has 0 N–H and O–H groups in total. The van der Waals surface area contributed by atoms with Crippen molar-refractivity contribution in [1.82, 2.24) is 9.13 Å². The van der Waals surface area contributed by atoms with Gasteiger partial charge in [0.15, 0.2) is 0 Å². The maximum atomic E-state index is 6.83. The third-order valence-electron chi connectivity index (χ3n) is 14.8. The number of anilines is 6. The molecule has 0 spiro atoms. The van der Waals surface area contributed by atoms with Crippen LogP contribution in [0.2, 0.25) is 0 Å². The molecule has 73 heavy (non-hydrogen) atoms. The number of rotatable bonds is 8. The van der Waals surface area contributed by atoms with Crippen molar-refractivity contribution in [1.29, 1.82) is 0 Å². The quantitative estimate of drug-likeness (QED) is 0.152. The molecule has 0 atom stereocenters. The summed E-state index contributed by atoms with van der Waals surface area (Å²) in [5.74, 6) is 0. The van der Waals surface area contributed by atoms with Gasteiger partial charge in [-0.05, 0) is 167 Å². The normalized spacial score (nSPS) is 11.8. The third kappa shape index (κ3) is 6.63. The molecule has 3 aromatic heterocycles. The number of nitrogens with zero attached hydrogens (tertiary/aromatic N) is 4. The molecule has 0 unspecified atom stereocenters. The fourth-order valence-electron chi connectivity index (χ4n) is 11.5. The van der Waals surface area contributed by atoms with Crippen LogP contribution in [0, 0.1) is 0 Å². The number of benzene rings is 12. The summed E-state index contributed by atoms with van der Waals surface area (Å²) >= 11 is 0. The smallest absolute Gasteiger partial charge is 0.136 e. The van der Waals surface area contributed by atoms with Gasteiger partial charge in [-0.15, -0.1) is 0 Å². The third-order valence-corrected chi connectivity index (χ3v) is 14.8. The minimum absolute atomic E-state index is 0.866. The van der Waals surface area contributed by atoms with Crippen LogP contribution in [0.15, 0.2) is 271 Å². The van der Waals surface area contributed by atoms with Crippen LogP contribution in [0.3, 0.4) is 0 Å². The van der Waals surface area contributed by atoms with Crippen LogP contribution in [0.1, 0.15) is 0 Å². The highest BCUT2D eigenvalue weighted by atomic mass is 16.3. The van der Waals surface area contributed by atoms with E-state index < -0.39 is 0 Å². The Hall–Kier alpha value is -9.84. The summed E-state index contributed by atoms with van der Waals surface area (Å²) < 4.78 is 11.6. The Morgan fingerprint density at radius 3 is 1.03 bits per heavy atom. The van der Waals surface area contributed by atoms with E-state index in [0.29, 0.717) is 0 Å². The second-order valence-corrected chi connectivity index (χ2v) is 19.0. The van der Waals surface area contributed by atoms with Gasteiger partial charge in [0.2, 0.25) is 0 Å². The summed E-state index contributed by atoms with van der Waals surface area (Å²) in [6.07, 6.45) is 0. The Kier molecular flexibility index (Phi) is 9.19. The van der Waals surface area contributed by atoms with Gasteiger partial charge in [-0.1, -0.05) is 121 Å². The van der Waals surface area contributed by atoms with Crippen molar-refractivity contribution in [3.05, 3.63) is 267 Å². The SMILES string of the molecule is c1ccc(N(c2ccc3cc4c(cc3c2)oc2cc3cc(N(c5ccccc5)c5ccc6c(c5)c5ccccc5n6-c5ccccc5)ccc3cc24)c2ccc3c(c2)c2ccccc2n3-c2ccccc2)cc1. The van der Waals surface area contributed by atoms with Crippen LogP contribution < -0.4 is 9.80 Å². The van der Waals surface area contributed by atoms with Gasteiger partial charge in [0.1, 0.15) is 11.2 Å². The first-order chi connectivity index (χ1) is 36.2. The van der Waals surface area contributed by atoms with Crippen LogP contribution in [-0.4, -0.2) is 9.13 Å². The molecule has 0 saturated carbocycles. The summed E-state index contributed by atoms with van der Waals surface area (Å²) in [4.78, 5) is 4.72. The first-order valence-corrected chi connectivity index (χ1v) is 24.9. The zero-order valence-corrected chi connectivity index (χ0v) is 39.6. The monoisotopic (exact) mass is 932 g/mol. The van der Waals surface area contributed by atoms with Crippen LogP contribution in [-0.2, 0) is 0 Å². The second-order valence-electron chi connectivity index (χ2n) is 19.0. The molecule has 0 fully saturated rings. The predicted molar refractivity (Wildman–Crippen MR) is 307 cm³/mol. The molecule has 0 bridgehead atoms. The highest BCUT2D eigenvalue weighted by Crippen LogP contribution is 2.44. The van der Waals surface area contributed by atoms with E-state index in [2.05, 4.69) is 286 Å². The highest BCUT2D eigenvalue weighted by molar-refractivity contribution is 6.15. The molecule has 342 valence electrons. The van der Waals surface area contributed by atoms with Gasteiger partial charge >= 0.3 is 0 Å². The van der Waals surface area contributed by atoms with E-state index in [-0.39, 0.29) is 0 Å². The maximum Gasteiger partial charge on any atom is 0.136 e. The van der Waals surface area contributed by atoms with E-state index in [4.69, 9.17) is 4.42 Å². The van der Waals surface area contributed by atoms with Gasteiger partial charge in [0.25, 0.3) is 0 Å². The molecular weight excluding hydrogens is 889 g/mol. The van der Waals surface area contributed by atoms with E-state index in [9.17, 15) is 0 Å². The molecule has 0 saturated heterocycles. The molecule has 12 aromatic carbocycles. The van der Waals surface area contributed by atoms with E-state index in [1.54, 1.807) is 0 Å².